The normalized spacial score (nSPS) is 16.7. The van der Waals surface area contributed by atoms with Crippen molar-refractivity contribution in [1.29, 1.82) is 5.26 Å². The Labute approximate surface area is 111 Å². The lowest BCUT2D eigenvalue weighted by atomic mass is 10.1. The van der Waals surface area contributed by atoms with E-state index in [0.29, 0.717) is 13.0 Å². The molecule has 1 aromatic heterocycles. The maximum Gasteiger partial charge on any atom is 0.235 e. The number of nitrogens with zero attached hydrogens (tertiary/aromatic N) is 2. The molecule has 0 saturated carbocycles. The van der Waals surface area contributed by atoms with Gasteiger partial charge in [0.25, 0.3) is 0 Å². The average molecular weight is 263 g/mol. The lowest BCUT2D eigenvalue weighted by molar-refractivity contribution is -0.122. The molecule has 0 radical (unpaired) electrons. The van der Waals surface area contributed by atoms with Crippen molar-refractivity contribution in [2.75, 3.05) is 13.1 Å². The van der Waals surface area contributed by atoms with Crippen LogP contribution in [0.1, 0.15) is 23.8 Å². The van der Waals surface area contributed by atoms with Gasteiger partial charge in [0.1, 0.15) is 6.04 Å². The van der Waals surface area contributed by atoms with Gasteiger partial charge in [-0.05, 0) is 29.9 Å². The molecule has 1 atom stereocenters. The second-order valence-electron chi connectivity index (χ2n) is 4.49. The van der Waals surface area contributed by atoms with Crippen molar-refractivity contribution >= 4 is 17.2 Å². The van der Waals surface area contributed by atoms with Crippen LogP contribution in [0.15, 0.2) is 11.4 Å². The van der Waals surface area contributed by atoms with Crippen molar-refractivity contribution in [2.24, 2.45) is 0 Å². The maximum absolute atomic E-state index is 11.8. The summed E-state index contributed by atoms with van der Waals surface area (Å²) in [6, 6.07) is 3.85. The molecule has 96 valence electrons. The fraction of sp³-hybridized carbons (Fsp3) is 0.538. The first-order valence-electron chi connectivity index (χ1n) is 6.19. The summed E-state index contributed by atoms with van der Waals surface area (Å²) < 4.78 is 0. The Balaban J connectivity index is 1.85. The monoisotopic (exact) mass is 263 g/mol. The van der Waals surface area contributed by atoms with Gasteiger partial charge in [0.05, 0.1) is 12.6 Å². The second kappa shape index (κ2) is 5.98. The Morgan fingerprint density at radius 2 is 2.56 bits per heavy atom. The van der Waals surface area contributed by atoms with Gasteiger partial charge in [0.2, 0.25) is 5.91 Å². The summed E-state index contributed by atoms with van der Waals surface area (Å²) in [6.45, 7) is 4.04. The molecule has 4 nitrogen and oxygen atoms in total. The molecule has 2 rings (SSSR count). The third-order valence-corrected chi connectivity index (χ3v) is 4.18. The van der Waals surface area contributed by atoms with Gasteiger partial charge < -0.3 is 5.32 Å². The Bertz CT molecular complexity index is 463. The first kappa shape index (κ1) is 13.1. The van der Waals surface area contributed by atoms with Gasteiger partial charge >= 0.3 is 0 Å². The fourth-order valence-corrected chi connectivity index (χ4v) is 3.00. The highest BCUT2D eigenvalue weighted by Crippen LogP contribution is 2.23. The molecular formula is C13H17N3OS. The van der Waals surface area contributed by atoms with E-state index in [0.717, 1.165) is 19.5 Å². The van der Waals surface area contributed by atoms with Gasteiger partial charge in [-0.3, -0.25) is 9.69 Å². The third kappa shape index (κ3) is 3.09. The molecule has 1 aromatic rings. The minimum Gasteiger partial charge on any atom is -0.339 e. The number of nitriles is 1. The van der Waals surface area contributed by atoms with E-state index >= 15 is 0 Å². The van der Waals surface area contributed by atoms with Crippen molar-refractivity contribution in [1.82, 2.24) is 10.2 Å². The van der Waals surface area contributed by atoms with Gasteiger partial charge in [0, 0.05) is 18.0 Å². The van der Waals surface area contributed by atoms with E-state index in [-0.39, 0.29) is 11.9 Å². The molecule has 0 fully saturated rings. The van der Waals surface area contributed by atoms with E-state index in [1.54, 1.807) is 11.3 Å². The number of carbonyl (C=O) groups excluding carboxylic acids is 1. The summed E-state index contributed by atoms with van der Waals surface area (Å²) in [4.78, 5) is 15.4. The molecule has 1 aliphatic rings. The maximum atomic E-state index is 11.8. The van der Waals surface area contributed by atoms with Gasteiger partial charge in [-0.15, -0.1) is 11.3 Å². The van der Waals surface area contributed by atoms with Crippen molar-refractivity contribution in [3.05, 3.63) is 21.9 Å². The Kier molecular flexibility index (Phi) is 4.34. The zero-order chi connectivity index (χ0) is 13.0. The van der Waals surface area contributed by atoms with E-state index in [9.17, 15) is 4.79 Å². The van der Waals surface area contributed by atoms with E-state index in [4.69, 9.17) is 5.26 Å². The predicted octanol–water partition coefficient (Wildman–Crippen LogP) is 1.52. The Morgan fingerprint density at radius 1 is 1.72 bits per heavy atom. The number of hydrogen-bond acceptors (Lipinski definition) is 4. The van der Waals surface area contributed by atoms with Crippen molar-refractivity contribution in [2.45, 2.75) is 32.4 Å². The van der Waals surface area contributed by atoms with Crippen LogP contribution in [-0.4, -0.2) is 29.9 Å². The molecule has 0 aromatic carbocycles. The van der Waals surface area contributed by atoms with Crippen LogP contribution in [0.5, 0.6) is 0 Å². The molecule has 0 aliphatic carbocycles. The summed E-state index contributed by atoms with van der Waals surface area (Å²) in [6.07, 6.45) is 1.67. The fourth-order valence-electron chi connectivity index (χ4n) is 2.11. The van der Waals surface area contributed by atoms with Crippen LogP contribution in [0.4, 0.5) is 0 Å². The van der Waals surface area contributed by atoms with E-state index in [1.165, 1.54) is 10.4 Å². The highest BCUT2D eigenvalue weighted by atomic mass is 32.1. The molecule has 0 spiro atoms. The highest BCUT2D eigenvalue weighted by Gasteiger charge is 2.20. The first-order valence-corrected chi connectivity index (χ1v) is 7.07. The second-order valence-corrected chi connectivity index (χ2v) is 5.49. The molecule has 18 heavy (non-hydrogen) atoms. The standard InChI is InChI=1S/C13H17N3OS/c1-2-11(7-14)15-13(17)9-16-5-3-12-10(8-16)4-6-18-12/h4,6,11H,2-3,5,8-9H2,1H3,(H,15,17). The number of carbonyl (C=O) groups is 1. The molecule has 0 saturated heterocycles. The Hall–Kier alpha value is -1.38. The molecule has 2 heterocycles. The van der Waals surface area contributed by atoms with Crippen molar-refractivity contribution in [3.63, 3.8) is 0 Å². The number of hydrogen-bond donors (Lipinski definition) is 1. The molecule has 5 heteroatoms. The first-order chi connectivity index (χ1) is 8.72. The number of rotatable bonds is 4. The minimum absolute atomic E-state index is 0.0536. The summed E-state index contributed by atoms with van der Waals surface area (Å²) in [7, 11) is 0. The van der Waals surface area contributed by atoms with E-state index in [1.807, 2.05) is 6.92 Å². The Morgan fingerprint density at radius 3 is 3.28 bits per heavy atom. The van der Waals surface area contributed by atoms with Crippen LogP contribution >= 0.6 is 11.3 Å². The van der Waals surface area contributed by atoms with Crippen LogP contribution < -0.4 is 5.32 Å². The molecule has 0 bridgehead atoms. The number of thiophene rings is 1. The summed E-state index contributed by atoms with van der Waals surface area (Å²) >= 11 is 1.79. The molecular weight excluding hydrogens is 246 g/mol. The lowest BCUT2D eigenvalue weighted by Crippen LogP contribution is -2.42. The largest absolute Gasteiger partial charge is 0.339 e. The molecule has 1 aliphatic heterocycles. The third-order valence-electron chi connectivity index (χ3n) is 3.15. The zero-order valence-corrected chi connectivity index (χ0v) is 11.3. The van der Waals surface area contributed by atoms with E-state index < -0.39 is 0 Å². The van der Waals surface area contributed by atoms with Gasteiger partial charge in [-0.1, -0.05) is 6.92 Å². The summed E-state index contributed by atoms with van der Waals surface area (Å²) in [5.74, 6) is -0.0536. The van der Waals surface area contributed by atoms with Crippen LogP contribution in [0, 0.1) is 11.3 Å². The molecule has 1 N–H and O–H groups in total. The van der Waals surface area contributed by atoms with Crippen molar-refractivity contribution in [3.8, 4) is 6.07 Å². The number of fused-ring (bicyclic) bond motifs is 1. The molecule has 1 amide bonds. The quantitative estimate of drug-likeness (QED) is 0.896. The van der Waals surface area contributed by atoms with Crippen LogP contribution in [-0.2, 0) is 17.8 Å². The van der Waals surface area contributed by atoms with Crippen LogP contribution in [0.25, 0.3) is 0 Å². The zero-order valence-electron chi connectivity index (χ0n) is 10.5. The minimum atomic E-state index is -0.362. The average Bonchev–Trinajstić information content (AvgIpc) is 2.83. The van der Waals surface area contributed by atoms with Crippen LogP contribution in [0.2, 0.25) is 0 Å². The highest BCUT2D eigenvalue weighted by molar-refractivity contribution is 7.10. The summed E-state index contributed by atoms with van der Waals surface area (Å²) in [5, 5.41) is 13.7. The summed E-state index contributed by atoms with van der Waals surface area (Å²) in [5.41, 5.74) is 1.34. The topological polar surface area (TPSA) is 56.1 Å². The smallest absolute Gasteiger partial charge is 0.235 e. The van der Waals surface area contributed by atoms with Gasteiger partial charge in [-0.25, -0.2) is 0 Å². The number of nitrogens with one attached hydrogen (secondary N) is 1. The van der Waals surface area contributed by atoms with Gasteiger partial charge in [0.15, 0.2) is 0 Å². The predicted molar refractivity (Wildman–Crippen MR) is 71.1 cm³/mol. The lowest BCUT2D eigenvalue weighted by Gasteiger charge is -2.26. The number of amides is 1. The van der Waals surface area contributed by atoms with Gasteiger partial charge in [-0.2, -0.15) is 5.26 Å². The SMILES string of the molecule is CCC(C#N)NC(=O)CN1CCc2sccc2C1. The van der Waals surface area contributed by atoms with Crippen molar-refractivity contribution < 1.29 is 4.79 Å². The van der Waals surface area contributed by atoms with Crippen LogP contribution in [0.3, 0.4) is 0 Å². The van der Waals surface area contributed by atoms with E-state index in [2.05, 4.69) is 27.7 Å². The molecule has 1 unspecified atom stereocenters.